The fraction of sp³-hybridized carbons (Fsp3) is 0.346. The number of rotatable bonds is 9. The summed E-state index contributed by atoms with van der Waals surface area (Å²) in [7, 11) is 4.95. The third kappa shape index (κ3) is 8.04. The number of ether oxygens (including phenoxy) is 1. The predicted molar refractivity (Wildman–Crippen MR) is 133 cm³/mol. The summed E-state index contributed by atoms with van der Waals surface area (Å²) in [6, 6.07) is 4.33. The van der Waals surface area contributed by atoms with Gasteiger partial charge in [0.05, 0.1) is 34.0 Å². The van der Waals surface area contributed by atoms with Crippen LogP contribution in [0.1, 0.15) is 33.5 Å². The van der Waals surface area contributed by atoms with Crippen LogP contribution in [0, 0.1) is 5.82 Å². The molecule has 3 rings (SSSR count). The Morgan fingerprint density at radius 2 is 1.60 bits per heavy atom. The Labute approximate surface area is 230 Å². The normalized spacial score (nSPS) is 12.1. The van der Waals surface area contributed by atoms with E-state index in [9.17, 15) is 35.5 Å². The molecule has 2 aromatic carbocycles. The molecule has 0 aliphatic carbocycles. The van der Waals surface area contributed by atoms with Crippen molar-refractivity contribution in [3.05, 3.63) is 75.7 Å². The molecule has 0 saturated carbocycles. The molecular weight excluding hydrogens is 569 g/mol. The molecule has 0 atom stereocenters. The van der Waals surface area contributed by atoms with E-state index in [0.717, 1.165) is 23.2 Å². The van der Waals surface area contributed by atoms with Gasteiger partial charge < -0.3 is 14.5 Å². The lowest BCUT2D eigenvalue weighted by Gasteiger charge is -2.21. The highest BCUT2D eigenvalue weighted by molar-refractivity contribution is 6.33. The summed E-state index contributed by atoms with van der Waals surface area (Å²) in [5, 5.41) is -0.0957. The molecule has 0 bridgehead atoms. The predicted octanol–water partition coefficient (Wildman–Crippen LogP) is 6.58. The van der Waals surface area contributed by atoms with Crippen molar-refractivity contribution in [1.29, 1.82) is 0 Å². The van der Waals surface area contributed by atoms with E-state index < -0.39 is 47.3 Å². The molecule has 3 aromatic rings. The highest BCUT2D eigenvalue weighted by atomic mass is 35.5. The van der Waals surface area contributed by atoms with Crippen molar-refractivity contribution in [2.24, 2.45) is 0 Å². The summed E-state index contributed by atoms with van der Waals surface area (Å²) in [4.78, 5) is 24.5. The first kappa shape index (κ1) is 31.1. The molecule has 0 saturated heterocycles. The maximum absolute atomic E-state index is 13.7. The largest absolute Gasteiger partial charge is 0.463 e. The molecule has 0 fully saturated rings. The van der Waals surface area contributed by atoms with E-state index in [1.807, 2.05) is 19.0 Å². The van der Waals surface area contributed by atoms with Crippen molar-refractivity contribution in [2.45, 2.75) is 25.3 Å². The van der Waals surface area contributed by atoms with Gasteiger partial charge in [-0.1, -0.05) is 11.6 Å². The van der Waals surface area contributed by atoms with Crippen LogP contribution in [-0.2, 0) is 18.9 Å². The van der Waals surface area contributed by atoms with E-state index in [1.54, 1.807) is 0 Å². The zero-order valence-corrected chi connectivity index (χ0v) is 22.3. The van der Waals surface area contributed by atoms with Crippen molar-refractivity contribution >= 4 is 17.5 Å². The molecule has 0 radical (unpaired) electrons. The molecule has 0 unspecified atom stereocenters. The summed E-state index contributed by atoms with van der Waals surface area (Å²) in [6.07, 6.45) is -8.35. The lowest BCUT2D eigenvalue weighted by Crippen LogP contribution is -2.28. The average Bonchev–Trinajstić information content (AvgIpc) is 2.85. The van der Waals surface area contributed by atoms with Crippen LogP contribution in [0.3, 0.4) is 0 Å². The summed E-state index contributed by atoms with van der Waals surface area (Å²) in [6.45, 7) is 0.341. The number of hydrogen-bond acceptors (Lipinski definition) is 5. The van der Waals surface area contributed by atoms with E-state index in [-0.39, 0.29) is 40.5 Å². The van der Waals surface area contributed by atoms with Gasteiger partial charge in [-0.15, -0.1) is 0 Å². The Morgan fingerprint density at radius 3 is 2.15 bits per heavy atom. The molecule has 0 aliphatic heterocycles. The van der Waals surface area contributed by atoms with Crippen LogP contribution in [0.2, 0.25) is 5.02 Å². The summed E-state index contributed by atoms with van der Waals surface area (Å²) >= 11 is 6.20. The molecular formula is C26H24ClF7N4O2. The van der Waals surface area contributed by atoms with E-state index in [1.165, 1.54) is 13.1 Å². The Hall–Kier alpha value is -3.45. The highest BCUT2D eigenvalue weighted by Crippen LogP contribution is 2.37. The standard InChI is InChI=1S/C26H24ClF7N4O2/c1-37(2)7-4-8-40-24-35-13-20(22(36-24)19-6-5-18(28)12-21(19)27)23(39)38(3)14-15-9-16(25(29,30)31)11-17(10-15)26(32,33)34/h5-6,9-13H,4,7-8,14H2,1-3H3. The lowest BCUT2D eigenvalue weighted by atomic mass is 10.0. The Bertz CT molecular complexity index is 1330. The van der Waals surface area contributed by atoms with Crippen LogP contribution in [0.15, 0.2) is 42.6 Å². The molecule has 0 spiro atoms. The number of alkyl halides is 6. The minimum Gasteiger partial charge on any atom is -0.463 e. The molecule has 40 heavy (non-hydrogen) atoms. The fourth-order valence-corrected chi connectivity index (χ4v) is 3.94. The fourth-order valence-electron chi connectivity index (χ4n) is 3.68. The lowest BCUT2D eigenvalue weighted by molar-refractivity contribution is -0.143. The minimum absolute atomic E-state index is 0.00503. The van der Waals surface area contributed by atoms with Crippen LogP contribution in [0.5, 0.6) is 6.01 Å². The average molecular weight is 593 g/mol. The van der Waals surface area contributed by atoms with Crippen molar-refractivity contribution in [3.63, 3.8) is 0 Å². The van der Waals surface area contributed by atoms with Crippen LogP contribution in [0.4, 0.5) is 30.7 Å². The van der Waals surface area contributed by atoms with Gasteiger partial charge in [-0.25, -0.2) is 9.37 Å². The van der Waals surface area contributed by atoms with Gasteiger partial charge in [0, 0.05) is 31.9 Å². The van der Waals surface area contributed by atoms with Crippen molar-refractivity contribution in [3.8, 4) is 17.3 Å². The number of benzene rings is 2. The first-order chi connectivity index (χ1) is 18.6. The quantitative estimate of drug-likeness (QED) is 0.208. The number of hydrogen-bond donors (Lipinski definition) is 0. The van der Waals surface area contributed by atoms with E-state index in [4.69, 9.17) is 16.3 Å². The Morgan fingerprint density at radius 1 is 0.975 bits per heavy atom. The number of halogens is 8. The minimum atomic E-state index is -5.04. The zero-order valence-electron chi connectivity index (χ0n) is 21.5. The van der Waals surface area contributed by atoms with Gasteiger partial charge in [0.2, 0.25) is 0 Å². The SMILES string of the molecule is CN(C)CCCOc1ncc(C(=O)N(C)Cc2cc(C(F)(F)F)cc(C(F)(F)F)c2)c(-c2ccc(F)cc2Cl)n1. The van der Waals surface area contributed by atoms with Gasteiger partial charge in [0.25, 0.3) is 5.91 Å². The number of carbonyl (C=O) groups excluding carboxylic acids is 1. The summed E-state index contributed by atoms with van der Waals surface area (Å²) in [5.41, 5.74) is -3.51. The van der Waals surface area contributed by atoms with Gasteiger partial charge in [0.15, 0.2) is 0 Å². The van der Waals surface area contributed by atoms with Gasteiger partial charge in [0.1, 0.15) is 5.82 Å². The van der Waals surface area contributed by atoms with Gasteiger partial charge >= 0.3 is 18.4 Å². The second kappa shape index (κ2) is 12.4. The summed E-state index contributed by atoms with van der Waals surface area (Å²) < 4.78 is 98.9. The molecule has 216 valence electrons. The number of nitrogens with zero attached hydrogens (tertiary/aromatic N) is 4. The second-order valence-corrected chi connectivity index (χ2v) is 9.53. The molecule has 1 amide bonds. The van der Waals surface area contributed by atoms with Crippen LogP contribution in [-0.4, -0.2) is 60.0 Å². The van der Waals surface area contributed by atoms with E-state index in [2.05, 4.69) is 9.97 Å². The van der Waals surface area contributed by atoms with Crippen LogP contribution >= 0.6 is 11.6 Å². The summed E-state index contributed by atoms with van der Waals surface area (Å²) in [5.74, 6) is -1.49. The first-order valence-corrected chi connectivity index (χ1v) is 12.1. The highest BCUT2D eigenvalue weighted by Gasteiger charge is 2.37. The molecule has 1 heterocycles. The monoisotopic (exact) mass is 592 g/mol. The smallest absolute Gasteiger partial charge is 0.416 e. The van der Waals surface area contributed by atoms with Crippen LogP contribution in [0.25, 0.3) is 11.3 Å². The third-order valence-corrected chi connectivity index (χ3v) is 5.89. The van der Waals surface area contributed by atoms with Gasteiger partial charge in [-0.2, -0.15) is 31.3 Å². The molecule has 14 heteroatoms. The topological polar surface area (TPSA) is 58.6 Å². The maximum atomic E-state index is 13.7. The zero-order chi connectivity index (χ0) is 29.8. The second-order valence-electron chi connectivity index (χ2n) is 9.12. The van der Waals surface area contributed by atoms with Crippen molar-refractivity contribution in [2.75, 3.05) is 34.3 Å². The van der Waals surface area contributed by atoms with Gasteiger partial charge in [-0.05, 0) is 62.5 Å². The Kier molecular flexibility index (Phi) is 9.62. The maximum Gasteiger partial charge on any atom is 0.416 e. The van der Waals surface area contributed by atoms with Crippen LogP contribution < -0.4 is 4.74 Å². The van der Waals surface area contributed by atoms with Crippen molar-refractivity contribution < 1.29 is 40.3 Å². The van der Waals surface area contributed by atoms with Gasteiger partial charge in [-0.3, -0.25) is 4.79 Å². The first-order valence-electron chi connectivity index (χ1n) is 11.7. The molecule has 1 aromatic heterocycles. The molecule has 0 N–H and O–H groups in total. The number of carbonyl (C=O) groups is 1. The Balaban J connectivity index is 1.97. The molecule has 6 nitrogen and oxygen atoms in total. The number of aromatic nitrogens is 2. The van der Waals surface area contributed by atoms with Crippen molar-refractivity contribution in [1.82, 2.24) is 19.8 Å². The molecule has 0 aliphatic rings. The van der Waals surface area contributed by atoms with E-state index in [0.29, 0.717) is 25.1 Å². The number of amides is 1. The third-order valence-electron chi connectivity index (χ3n) is 5.58. The van der Waals surface area contributed by atoms with E-state index >= 15 is 0 Å².